The lowest BCUT2D eigenvalue weighted by Gasteiger charge is -2.03. The number of amides is 1. The largest absolute Gasteiger partial charge is 0.750 e. The quantitative estimate of drug-likeness (QED) is 0.399. The maximum Gasteiger partial charge on any atom is 0.240 e. The van der Waals surface area contributed by atoms with Gasteiger partial charge in [0.2, 0.25) is 5.91 Å². The Morgan fingerprint density at radius 1 is 1.77 bits per heavy atom. The monoisotopic (exact) mass is 206 g/mol. The van der Waals surface area contributed by atoms with Gasteiger partial charge < -0.3 is 10.3 Å². The van der Waals surface area contributed by atoms with Crippen molar-refractivity contribution in [3.8, 4) is 0 Å². The molecule has 0 saturated carbocycles. The van der Waals surface area contributed by atoms with Crippen LogP contribution in [-0.2, 0) is 20.3 Å². The van der Waals surface area contributed by atoms with Crippen molar-refractivity contribution in [2.45, 2.75) is 6.92 Å². The van der Waals surface area contributed by atoms with Gasteiger partial charge in [-0.25, -0.2) is 4.21 Å². The van der Waals surface area contributed by atoms with Crippen LogP contribution in [0.5, 0.6) is 0 Å². The summed E-state index contributed by atoms with van der Waals surface area (Å²) >= 11 is -2.40. The van der Waals surface area contributed by atoms with Crippen LogP contribution in [0.15, 0.2) is 24.8 Å². The lowest BCUT2D eigenvalue weighted by Crippen LogP contribution is -2.04. The molecule has 0 heterocycles. The van der Waals surface area contributed by atoms with Gasteiger partial charge in [-0.3, -0.25) is 8.98 Å². The Morgan fingerprint density at radius 2 is 2.15 bits per heavy atom. The number of nitrogens with two attached hydrogens (primary N) is 1. The molecule has 0 aliphatic heterocycles. The Bertz CT molecular complexity index is 201. The highest BCUT2D eigenvalue weighted by Gasteiger charge is 1.83. The molecule has 0 aromatic rings. The van der Waals surface area contributed by atoms with E-state index in [-0.39, 0.29) is 6.61 Å². The summed E-state index contributed by atoms with van der Waals surface area (Å²) < 4.78 is 23.4. The third-order valence-electron chi connectivity index (χ3n) is 0.603. The molecule has 0 fully saturated rings. The van der Waals surface area contributed by atoms with Crippen molar-refractivity contribution in [1.82, 2.24) is 0 Å². The van der Waals surface area contributed by atoms with E-state index in [2.05, 4.69) is 23.1 Å². The summed E-state index contributed by atoms with van der Waals surface area (Å²) in [5.41, 5.74) is 5.22. The fraction of sp³-hybridized carbons (Fsp3) is 0.286. The van der Waals surface area contributed by atoms with Crippen LogP contribution < -0.4 is 5.73 Å². The Morgan fingerprint density at radius 3 is 2.23 bits per heavy atom. The second-order valence-corrected chi connectivity index (χ2v) is 2.67. The molecular formula is C7H12NO4S-. The molecule has 5 nitrogen and oxygen atoms in total. The Kier molecular flexibility index (Phi) is 10.2. The highest BCUT2D eigenvalue weighted by Crippen LogP contribution is 1.88. The zero-order valence-electron chi connectivity index (χ0n) is 7.32. The van der Waals surface area contributed by atoms with E-state index in [1.165, 1.54) is 0 Å². The summed E-state index contributed by atoms with van der Waals surface area (Å²) in [6.07, 6.45) is 1.06. The minimum Gasteiger partial charge on any atom is -0.750 e. The van der Waals surface area contributed by atoms with Gasteiger partial charge in [-0.15, -0.1) is 0 Å². The molecule has 0 saturated heterocycles. The average molecular weight is 206 g/mol. The van der Waals surface area contributed by atoms with Gasteiger partial charge in [0, 0.05) is 0 Å². The minimum absolute atomic E-state index is 0.0795. The Balaban J connectivity index is 0. The minimum atomic E-state index is -2.40. The fourth-order valence-corrected chi connectivity index (χ4v) is 0.446. The molecule has 1 amide bonds. The van der Waals surface area contributed by atoms with E-state index in [4.69, 9.17) is 0 Å². The summed E-state index contributed by atoms with van der Waals surface area (Å²) in [7, 11) is 0. The summed E-state index contributed by atoms with van der Waals surface area (Å²) in [5.74, 6) is -0.481. The molecule has 2 N–H and O–H groups in total. The molecule has 0 aromatic heterocycles. The van der Waals surface area contributed by atoms with Gasteiger partial charge in [-0.05, 0) is 13.0 Å². The number of hydrogen-bond donors (Lipinski definition) is 1. The number of carbonyl (C=O) groups is 1. The molecule has 1 unspecified atom stereocenters. The van der Waals surface area contributed by atoms with E-state index in [1.54, 1.807) is 6.92 Å². The summed E-state index contributed by atoms with van der Waals surface area (Å²) in [6, 6.07) is 0. The summed E-state index contributed by atoms with van der Waals surface area (Å²) in [4.78, 5) is 9.47. The molecule has 0 spiro atoms. The van der Waals surface area contributed by atoms with Crippen LogP contribution >= 0.6 is 0 Å². The van der Waals surface area contributed by atoms with Crippen LogP contribution in [-0.4, -0.2) is 21.3 Å². The number of hydrogen-bond acceptors (Lipinski definition) is 4. The molecular weight excluding hydrogens is 194 g/mol. The first kappa shape index (κ1) is 14.5. The topological polar surface area (TPSA) is 92.4 Å². The van der Waals surface area contributed by atoms with Gasteiger partial charge in [0.15, 0.2) is 0 Å². The molecule has 0 radical (unpaired) electrons. The van der Waals surface area contributed by atoms with E-state index in [0.717, 1.165) is 6.08 Å². The van der Waals surface area contributed by atoms with E-state index >= 15 is 0 Å². The van der Waals surface area contributed by atoms with Crippen molar-refractivity contribution in [2.75, 3.05) is 6.61 Å². The van der Waals surface area contributed by atoms with Crippen LogP contribution in [0.3, 0.4) is 0 Å². The van der Waals surface area contributed by atoms with Gasteiger partial charge >= 0.3 is 0 Å². The van der Waals surface area contributed by atoms with Crippen LogP contribution in [0.2, 0.25) is 0 Å². The predicted octanol–water partition coefficient (Wildman–Crippen LogP) is 0.0309. The first-order valence-electron chi connectivity index (χ1n) is 3.19. The molecule has 0 aliphatic carbocycles. The maximum absolute atomic E-state index is 9.64. The highest BCUT2D eigenvalue weighted by atomic mass is 32.2. The normalized spacial score (nSPS) is 10.6. The SMILES string of the molecule is C=C(C)COS(=O)[O-].C=CC(N)=O. The van der Waals surface area contributed by atoms with Crippen molar-refractivity contribution >= 4 is 17.3 Å². The zero-order chi connectivity index (χ0) is 10.9. The highest BCUT2D eigenvalue weighted by molar-refractivity contribution is 7.74. The first-order valence-corrected chi connectivity index (χ1v) is 4.19. The Labute approximate surface area is 79.8 Å². The van der Waals surface area contributed by atoms with E-state index < -0.39 is 17.3 Å². The zero-order valence-corrected chi connectivity index (χ0v) is 8.13. The third kappa shape index (κ3) is 24.7. The van der Waals surface area contributed by atoms with Crippen molar-refractivity contribution in [1.29, 1.82) is 0 Å². The number of rotatable bonds is 4. The summed E-state index contributed by atoms with van der Waals surface area (Å²) in [5, 5.41) is 0. The lowest BCUT2D eigenvalue weighted by atomic mass is 10.4. The van der Waals surface area contributed by atoms with E-state index in [9.17, 15) is 13.6 Å². The molecule has 0 bridgehead atoms. The van der Waals surface area contributed by atoms with Crippen molar-refractivity contribution in [3.05, 3.63) is 24.8 Å². The van der Waals surface area contributed by atoms with Crippen molar-refractivity contribution in [3.63, 3.8) is 0 Å². The van der Waals surface area contributed by atoms with Gasteiger partial charge in [0.1, 0.15) is 0 Å². The molecule has 0 aromatic carbocycles. The lowest BCUT2D eigenvalue weighted by molar-refractivity contribution is -0.113. The van der Waals surface area contributed by atoms with Gasteiger partial charge in [0.05, 0.1) is 18.0 Å². The average Bonchev–Trinajstić information content (AvgIpc) is 2.02. The molecule has 13 heavy (non-hydrogen) atoms. The van der Waals surface area contributed by atoms with Crippen molar-refractivity contribution in [2.24, 2.45) is 5.73 Å². The van der Waals surface area contributed by atoms with E-state index in [1.807, 2.05) is 0 Å². The number of primary amides is 1. The number of carbonyl (C=O) groups excluding carboxylic acids is 1. The maximum atomic E-state index is 9.64. The van der Waals surface area contributed by atoms with Crippen LogP contribution in [0.1, 0.15) is 6.92 Å². The molecule has 0 rings (SSSR count). The van der Waals surface area contributed by atoms with Crippen LogP contribution in [0.25, 0.3) is 0 Å². The third-order valence-corrected chi connectivity index (χ3v) is 0.913. The molecule has 1 atom stereocenters. The van der Waals surface area contributed by atoms with Crippen molar-refractivity contribution < 1.29 is 17.7 Å². The first-order chi connectivity index (χ1) is 5.90. The smallest absolute Gasteiger partial charge is 0.240 e. The second-order valence-electron chi connectivity index (χ2n) is 2.03. The molecule has 6 heteroatoms. The van der Waals surface area contributed by atoms with Gasteiger partial charge in [-0.2, -0.15) is 0 Å². The van der Waals surface area contributed by atoms with E-state index in [0.29, 0.717) is 5.57 Å². The molecule has 76 valence electrons. The van der Waals surface area contributed by atoms with Crippen LogP contribution in [0, 0.1) is 0 Å². The molecule has 0 aliphatic rings. The van der Waals surface area contributed by atoms with Gasteiger partial charge in [0.25, 0.3) is 0 Å². The fourth-order valence-electron chi connectivity index (χ4n) is 0.149. The Hall–Kier alpha value is -0.980. The standard InChI is InChI=1S/C4H8O3S.C3H5NO/c1-4(2)3-7-8(5)6;1-2-3(4)5/h1,3H2,2H3,(H,5,6);2H,1H2,(H2,4,5)/p-1. The second kappa shape index (κ2) is 9.11. The van der Waals surface area contributed by atoms with Gasteiger partial charge in [-0.1, -0.05) is 18.7 Å². The van der Waals surface area contributed by atoms with Crippen LogP contribution in [0.4, 0.5) is 0 Å². The predicted molar refractivity (Wildman–Crippen MR) is 49.1 cm³/mol. The summed E-state index contributed by atoms with van der Waals surface area (Å²) in [6.45, 7) is 8.28.